The van der Waals surface area contributed by atoms with Crippen molar-refractivity contribution in [3.63, 3.8) is 0 Å². The van der Waals surface area contributed by atoms with E-state index < -0.39 is 0 Å². The van der Waals surface area contributed by atoms with Crippen LogP contribution in [-0.2, 0) is 6.54 Å². The molecular formula is C13H16BrN3. The average molecular weight is 294 g/mol. The van der Waals surface area contributed by atoms with E-state index in [-0.39, 0.29) is 0 Å². The lowest BCUT2D eigenvalue weighted by molar-refractivity contribution is 0.233. The molecule has 1 aliphatic rings. The molecule has 3 nitrogen and oxygen atoms in total. The van der Waals surface area contributed by atoms with Gasteiger partial charge in [0.05, 0.1) is 0 Å². The lowest BCUT2D eigenvalue weighted by atomic mass is 10.1. The number of benzene rings is 1. The van der Waals surface area contributed by atoms with Crippen molar-refractivity contribution in [3.8, 4) is 0 Å². The number of aromatic amines is 1. The normalized spacial score (nSPS) is 17.7. The zero-order valence-corrected chi connectivity index (χ0v) is 11.3. The Kier molecular flexibility index (Phi) is 3.18. The number of halogens is 1. The van der Waals surface area contributed by atoms with Gasteiger partial charge in [0.1, 0.15) is 0 Å². The van der Waals surface area contributed by atoms with Crippen molar-refractivity contribution in [2.45, 2.75) is 6.54 Å². The van der Waals surface area contributed by atoms with Crippen molar-refractivity contribution in [3.05, 3.63) is 34.4 Å². The molecule has 0 radical (unpaired) electrons. The first kappa shape index (κ1) is 11.3. The molecule has 2 N–H and O–H groups in total. The van der Waals surface area contributed by atoms with Crippen LogP contribution in [0.4, 0.5) is 0 Å². The van der Waals surface area contributed by atoms with Gasteiger partial charge in [-0.15, -0.1) is 0 Å². The summed E-state index contributed by atoms with van der Waals surface area (Å²) in [6, 6.07) is 6.67. The monoisotopic (exact) mass is 293 g/mol. The summed E-state index contributed by atoms with van der Waals surface area (Å²) in [5.41, 5.74) is 2.60. The van der Waals surface area contributed by atoms with E-state index in [2.05, 4.69) is 49.3 Å². The molecule has 1 aliphatic heterocycles. The summed E-state index contributed by atoms with van der Waals surface area (Å²) in [6.07, 6.45) is 2.00. The summed E-state index contributed by atoms with van der Waals surface area (Å²) in [6.45, 7) is 5.56. The van der Waals surface area contributed by atoms with E-state index in [1.165, 1.54) is 16.5 Å². The minimum Gasteiger partial charge on any atom is -0.360 e. The first-order chi connectivity index (χ1) is 8.33. The number of piperazine rings is 1. The Balaban J connectivity index is 1.80. The second kappa shape index (κ2) is 4.80. The zero-order valence-electron chi connectivity index (χ0n) is 9.67. The molecule has 1 aromatic carbocycles. The third kappa shape index (κ3) is 2.39. The van der Waals surface area contributed by atoms with Crippen LogP contribution in [0.1, 0.15) is 5.56 Å². The Morgan fingerprint density at radius 2 is 2.06 bits per heavy atom. The molecule has 4 heteroatoms. The van der Waals surface area contributed by atoms with E-state index >= 15 is 0 Å². The lowest BCUT2D eigenvalue weighted by Gasteiger charge is -2.27. The summed E-state index contributed by atoms with van der Waals surface area (Å²) < 4.78 is 1.14. The smallest absolute Gasteiger partial charge is 0.0468 e. The van der Waals surface area contributed by atoms with Crippen molar-refractivity contribution in [1.29, 1.82) is 0 Å². The average Bonchev–Trinajstić information content (AvgIpc) is 2.72. The fourth-order valence-corrected chi connectivity index (χ4v) is 2.82. The predicted octanol–water partition coefficient (Wildman–Crippen LogP) is 2.34. The van der Waals surface area contributed by atoms with E-state index in [1.54, 1.807) is 0 Å². The fourth-order valence-electron chi connectivity index (χ4n) is 2.36. The fraction of sp³-hybridized carbons (Fsp3) is 0.385. The molecule has 90 valence electrons. The number of fused-ring (bicyclic) bond motifs is 1. The summed E-state index contributed by atoms with van der Waals surface area (Å²) in [4.78, 5) is 5.78. The van der Waals surface area contributed by atoms with Crippen molar-refractivity contribution in [2.24, 2.45) is 0 Å². The van der Waals surface area contributed by atoms with Gasteiger partial charge >= 0.3 is 0 Å². The van der Waals surface area contributed by atoms with E-state index in [0.717, 1.165) is 37.2 Å². The number of aromatic nitrogens is 1. The molecule has 1 saturated heterocycles. The van der Waals surface area contributed by atoms with Crippen LogP contribution in [0.2, 0.25) is 0 Å². The summed E-state index contributed by atoms with van der Waals surface area (Å²) >= 11 is 3.54. The molecule has 17 heavy (non-hydrogen) atoms. The summed E-state index contributed by atoms with van der Waals surface area (Å²) in [7, 11) is 0. The molecular weight excluding hydrogens is 278 g/mol. The predicted molar refractivity (Wildman–Crippen MR) is 74.1 cm³/mol. The number of nitrogens with zero attached hydrogens (tertiary/aromatic N) is 1. The Morgan fingerprint density at radius 3 is 2.88 bits per heavy atom. The largest absolute Gasteiger partial charge is 0.360 e. The summed E-state index contributed by atoms with van der Waals surface area (Å²) in [5.74, 6) is 0. The molecule has 2 aromatic rings. The van der Waals surface area contributed by atoms with E-state index in [1.807, 2.05) is 6.20 Å². The van der Waals surface area contributed by atoms with Crippen LogP contribution in [-0.4, -0.2) is 36.1 Å². The maximum Gasteiger partial charge on any atom is 0.0468 e. The standard InChI is InChI=1S/C13H16BrN3/c14-12-8-16-13-7-10(1-2-11(12)13)9-17-5-3-15-4-6-17/h1-2,7-8,15-16H,3-6,9H2. The Bertz CT molecular complexity index is 514. The number of hydrogen-bond acceptors (Lipinski definition) is 2. The molecule has 0 aliphatic carbocycles. The van der Waals surface area contributed by atoms with Crippen LogP contribution in [0.3, 0.4) is 0 Å². The van der Waals surface area contributed by atoms with Gasteiger partial charge in [0.15, 0.2) is 0 Å². The second-order valence-electron chi connectivity index (χ2n) is 4.54. The molecule has 0 bridgehead atoms. The van der Waals surface area contributed by atoms with Gasteiger partial charge in [-0.05, 0) is 27.6 Å². The minimum atomic E-state index is 1.05. The molecule has 0 atom stereocenters. The van der Waals surface area contributed by atoms with Crippen molar-refractivity contribution in [2.75, 3.05) is 26.2 Å². The second-order valence-corrected chi connectivity index (χ2v) is 5.40. The SMILES string of the molecule is Brc1c[nH]c2cc(CN3CCNCC3)ccc12. The van der Waals surface area contributed by atoms with E-state index in [4.69, 9.17) is 0 Å². The van der Waals surface area contributed by atoms with Gasteiger partial charge < -0.3 is 10.3 Å². The molecule has 0 amide bonds. The first-order valence-electron chi connectivity index (χ1n) is 6.01. The Morgan fingerprint density at radius 1 is 1.24 bits per heavy atom. The highest BCUT2D eigenvalue weighted by molar-refractivity contribution is 9.10. The number of rotatable bonds is 2. The molecule has 0 spiro atoms. The number of nitrogens with one attached hydrogen (secondary N) is 2. The molecule has 1 fully saturated rings. The highest BCUT2D eigenvalue weighted by Crippen LogP contribution is 2.24. The van der Waals surface area contributed by atoms with Gasteiger partial charge in [0.25, 0.3) is 0 Å². The molecule has 2 heterocycles. The Hall–Kier alpha value is -0.840. The number of hydrogen-bond donors (Lipinski definition) is 2. The van der Waals surface area contributed by atoms with Crippen molar-refractivity contribution in [1.82, 2.24) is 15.2 Å². The number of H-pyrrole nitrogens is 1. The topological polar surface area (TPSA) is 31.1 Å². The van der Waals surface area contributed by atoms with Gasteiger partial charge in [-0.25, -0.2) is 0 Å². The third-order valence-electron chi connectivity index (χ3n) is 3.31. The van der Waals surface area contributed by atoms with Gasteiger partial charge in [0, 0.05) is 54.3 Å². The van der Waals surface area contributed by atoms with Gasteiger partial charge in [-0.3, -0.25) is 4.90 Å². The molecule has 1 aromatic heterocycles. The maximum atomic E-state index is 3.54. The van der Waals surface area contributed by atoms with Crippen LogP contribution in [0.5, 0.6) is 0 Å². The Labute approximate surface area is 109 Å². The highest BCUT2D eigenvalue weighted by atomic mass is 79.9. The highest BCUT2D eigenvalue weighted by Gasteiger charge is 2.10. The molecule has 3 rings (SSSR count). The maximum absolute atomic E-state index is 3.54. The summed E-state index contributed by atoms with van der Waals surface area (Å²) in [5, 5.41) is 4.64. The van der Waals surface area contributed by atoms with Crippen LogP contribution in [0.15, 0.2) is 28.9 Å². The van der Waals surface area contributed by atoms with Crippen LogP contribution in [0.25, 0.3) is 10.9 Å². The van der Waals surface area contributed by atoms with Crippen LogP contribution >= 0.6 is 15.9 Å². The van der Waals surface area contributed by atoms with Crippen molar-refractivity contribution < 1.29 is 0 Å². The zero-order chi connectivity index (χ0) is 11.7. The molecule has 0 saturated carbocycles. The van der Waals surface area contributed by atoms with Gasteiger partial charge in [-0.1, -0.05) is 12.1 Å². The van der Waals surface area contributed by atoms with Gasteiger partial charge in [0.2, 0.25) is 0 Å². The third-order valence-corrected chi connectivity index (χ3v) is 3.97. The first-order valence-corrected chi connectivity index (χ1v) is 6.81. The van der Waals surface area contributed by atoms with Crippen LogP contribution < -0.4 is 5.32 Å². The molecule has 0 unspecified atom stereocenters. The lowest BCUT2D eigenvalue weighted by Crippen LogP contribution is -2.42. The van der Waals surface area contributed by atoms with Crippen LogP contribution in [0, 0.1) is 0 Å². The van der Waals surface area contributed by atoms with Crippen molar-refractivity contribution >= 4 is 26.8 Å². The van der Waals surface area contributed by atoms with E-state index in [0.29, 0.717) is 0 Å². The minimum absolute atomic E-state index is 1.05. The quantitative estimate of drug-likeness (QED) is 0.890. The van der Waals surface area contributed by atoms with E-state index in [9.17, 15) is 0 Å². The van der Waals surface area contributed by atoms with Gasteiger partial charge in [-0.2, -0.15) is 0 Å².